The fourth-order valence-corrected chi connectivity index (χ4v) is 1.30. The van der Waals surface area contributed by atoms with Crippen LogP contribution in [0, 0.1) is 6.92 Å². The van der Waals surface area contributed by atoms with Crippen LogP contribution in [-0.2, 0) is 4.74 Å². The van der Waals surface area contributed by atoms with Gasteiger partial charge >= 0.3 is 5.97 Å². The van der Waals surface area contributed by atoms with Crippen molar-refractivity contribution in [2.75, 3.05) is 20.2 Å². The van der Waals surface area contributed by atoms with Crippen LogP contribution in [0.25, 0.3) is 6.08 Å². The van der Waals surface area contributed by atoms with Crippen molar-refractivity contribution >= 4 is 12.0 Å². The third kappa shape index (κ3) is 3.24. The van der Waals surface area contributed by atoms with Crippen LogP contribution in [-0.4, -0.2) is 26.2 Å². The lowest BCUT2D eigenvalue weighted by Crippen LogP contribution is -2.11. The minimum Gasteiger partial charge on any atom is -0.465 e. The third-order valence-electron chi connectivity index (χ3n) is 2.14. The molecule has 0 fully saturated rings. The molecule has 4 heteroatoms. The number of hydrogen-bond acceptors (Lipinski definition) is 4. The summed E-state index contributed by atoms with van der Waals surface area (Å²) in [5.41, 5.74) is 0.477. The molecule has 0 atom stereocenters. The van der Waals surface area contributed by atoms with E-state index in [0.29, 0.717) is 17.1 Å². The lowest BCUT2D eigenvalue weighted by Gasteiger charge is -1.93. The van der Waals surface area contributed by atoms with Gasteiger partial charge in [-0.1, -0.05) is 13.0 Å². The fraction of sp³-hybridized carbons (Fsp3) is 0.417. The Balaban J connectivity index is 2.69. The van der Waals surface area contributed by atoms with Crippen molar-refractivity contribution in [3.8, 4) is 0 Å². The summed E-state index contributed by atoms with van der Waals surface area (Å²) in [4.78, 5) is 11.3. The van der Waals surface area contributed by atoms with E-state index < -0.39 is 0 Å². The number of furan rings is 1. The van der Waals surface area contributed by atoms with E-state index in [4.69, 9.17) is 4.42 Å². The van der Waals surface area contributed by atoms with Gasteiger partial charge in [0.1, 0.15) is 17.1 Å². The Bertz CT molecular complexity index is 380. The molecule has 0 aliphatic heterocycles. The standard InChI is InChI=1S/C12H17NO3/c1-4-13-7-5-6-10-8-11(9(2)16-10)12(14)15-3/h5-6,8,13H,4,7H2,1-3H3. The Morgan fingerprint density at radius 2 is 2.38 bits per heavy atom. The number of aryl methyl sites for hydroxylation is 1. The van der Waals surface area contributed by atoms with E-state index in [9.17, 15) is 4.79 Å². The zero-order chi connectivity index (χ0) is 12.0. The topological polar surface area (TPSA) is 51.5 Å². The normalized spacial score (nSPS) is 10.9. The summed E-state index contributed by atoms with van der Waals surface area (Å²) in [5.74, 6) is 0.873. The van der Waals surface area contributed by atoms with Crippen LogP contribution < -0.4 is 5.32 Å². The van der Waals surface area contributed by atoms with Gasteiger partial charge in [0, 0.05) is 6.54 Å². The SMILES string of the molecule is CCNCC=Cc1cc(C(=O)OC)c(C)o1. The van der Waals surface area contributed by atoms with Crippen LogP contribution in [0.1, 0.15) is 28.8 Å². The molecule has 88 valence electrons. The van der Waals surface area contributed by atoms with Gasteiger partial charge < -0.3 is 14.5 Å². The molecule has 0 radical (unpaired) electrons. The summed E-state index contributed by atoms with van der Waals surface area (Å²) in [7, 11) is 1.36. The maximum Gasteiger partial charge on any atom is 0.341 e. The van der Waals surface area contributed by atoms with Crippen molar-refractivity contribution < 1.29 is 13.9 Å². The highest BCUT2D eigenvalue weighted by Gasteiger charge is 2.13. The van der Waals surface area contributed by atoms with Crippen LogP contribution in [0.15, 0.2) is 16.6 Å². The van der Waals surface area contributed by atoms with Gasteiger partial charge in [-0.15, -0.1) is 0 Å². The monoisotopic (exact) mass is 223 g/mol. The van der Waals surface area contributed by atoms with Gasteiger partial charge in [0.15, 0.2) is 0 Å². The van der Waals surface area contributed by atoms with Crippen LogP contribution in [0.2, 0.25) is 0 Å². The molecule has 0 amide bonds. The summed E-state index contributed by atoms with van der Waals surface area (Å²) < 4.78 is 10.0. The van der Waals surface area contributed by atoms with E-state index in [2.05, 4.69) is 10.1 Å². The Kier molecular flexibility index (Phi) is 4.79. The second kappa shape index (κ2) is 6.12. The molecule has 0 bridgehead atoms. The molecule has 16 heavy (non-hydrogen) atoms. The van der Waals surface area contributed by atoms with E-state index in [1.165, 1.54) is 7.11 Å². The average molecular weight is 223 g/mol. The van der Waals surface area contributed by atoms with E-state index in [1.807, 2.05) is 19.1 Å². The second-order valence-electron chi connectivity index (χ2n) is 3.32. The minimum atomic E-state index is -0.368. The smallest absolute Gasteiger partial charge is 0.341 e. The molecule has 1 N–H and O–H groups in total. The maximum atomic E-state index is 11.3. The van der Waals surface area contributed by atoms with Gasteiger partial charge in [-0.05, 0) is 25.6 Å². The highest BCUT2D eigenvalue weighted by Crippen LogP contribution is 2.16. The Hall–Kier alpha value is -1.55. The van der Waals surface area contributed by atoms with Gasteiger partial charge in [-0.2, -0.15) is 0 Å². The van der Waals surface area contributed by atoms with Crippen LogP contribution in [0.3, 0.4) is 0 Å². The number of esters is 1. The minimum absolute atomic E-state index is 0.368. The molecule has 0 aliphatic carbocycles. The van der Waals surface area contributed by atoms with Crippen molar-refractivity contribution in [3.05, 3.63) is 29.2 Å². The zero-order valence-corrected chi connectivity index (χ0v) is 9.87. The summed E-state index contributed by atoms with van der Waals surface area (Å²) in [6, 6.07) is 1.68. The Morgan fingerprint density at radius 1 is 1.62 bits per heavy atom. The van der Waals surface area contributed by atoms with Gasteiger partial charge in [-0.25, -0.2) is 4.79 Å². The van der Waals surface area contributed by atoms with Crippen LogP contribution in [0.5, 0.6) is 0 Å². The van der Waals surface area contributed by atoms with Crippen molar-refractivity contribution in [1.82, 2.24) is 5.32 Å². The number of rotatable bonds is 5. The first-order chi connectivity index (χ1) is 7.69. The maximum absolute atomic E-state index is 11.3. The molecule has 1 rings (SSSR count). The summed E-state index contributed by atoms with van der Waals surface area (Å²) in [6.07, 6.45) is 3.78. The van der Waals surface area contributed by atoms with Crippen molar-refractivity contribution in [2.45, 2.75) is 13.8 Å². The number of carbonyl (C=O) groups excluding carboxylic acids is 1. The predicted molar refractivity (Wildman–Crippen MR) is 62.4 cm³/mol. The lowest BCUT2D eigenvalue weighted by molar-refractivity contribution is 0.0599. The summed E-state index contributed by atoms with van der Waals surface area (Å²) >= 11 is 0. The number of ether oxygens (including phenoxy) is 1. The number of nitrogens with one attached hydrogen (secondary N) is 1. The molecule has 0 aromatic carbocycles. The molecule has 0 saturated carbocycles. The predicted octanol–water partition coefficient (Wildman–Crippen LogP) is 2.00. The molecule has 1 heterocycles. The molecule has 0 spiro atoms. The first kappa shape index (κ1) is 12.5. The molecule has 4 nitrogen and oxygen atoms in total. The first-order valence-electron chi connectivity index (χ1n) is 5.25. The van der Waals surface area contributed by atoms with Crippen LogP contribution >= 0.6 is 0 Å². The third-order valence-corrected chi connectivity index (χ3v) is 2.14. The van der Waals surface area contributed by atoms with Crippen molar-refractivity contribution in [2.24, 2.45) is 0 Å². The molecule has 1 aromatic heterocycles. The average Bonchev–Trinajstić information content (AvgIpc) is 2.65. The quantitative estimate of drug-likeness (QED) is 0.612. The first-order valence-corrected chi connectivity index (χ1v) is 5.25. The van der Waals surface area contributed by atoms with Crippen molar-refractivity contribution in [3.63, 3.8) is 0 Å². The van der Waals surface area contributed by atoms with Gasteiger partial charge in [0.2, 0.25) is 0 Å². The largest absolute Gasteiger partial charge is 0.465 e. The van der Waals surface area contributed by atoms with Crippen LogP contribution in [0.4, 0.5) is 0 Å². The lowest BCUT2D eigenvalue weighted by atomic mass is 10.2. The Morgan fingerprint density at radius 3 is 3.00 bits per heavy atom. The van der Waals surface area contributed by atoms with E-state index in [1.54, 1.807) is 13.0 Å². The number of likely N-dealkylation sites (N-methyl/N-ethyl adjacent to an activating group) is 1. The zero-order valence-electron chi connectivity index (χ0n) is 9.87. The van der Waals surface area contributed by atoms with Gasteiger partial charge in [-0.3, -0.25) is 0 Å². The number of hydrogen-bond donors (Lipinski definition) is 1. The molecular formula is C12H17NO3. The molecule has 0 saturated heterocycles. The molecular weight excluding hydrogens is 206 g/mol. The molecule has 0 unspecified atom stereocenters. The highest BCUT2D eigenvalue weighted by atomic mass is 16.5. The van der Waals surface area contributed by atoms with Gasteiger partial charge in [0.25, 0.3) is 0 Å². The van der Waals surface area contributed by atoms with Gasteiger partial charge in [0.05, 0.1) is 7.11 Å². The molecule has 0 aliphatic rings. The fourth-order valence-electron chi connectivity index (χ4n) is 1.30. The van der Waals surface area contributed by atoms with Crippen molar-refractivity contribution in [1.29, 1.82) is 0 Å². The molecule has 1 aromatic rings. The second-order valence-corrected chi connectivity index (χ2v) is 3.32. The van der Waals surface area contributed by atoms with E-state index in [0.717, 1.165) is 13.1 Å². The van der Waals surface area contributed by atoms with E-state index >= 15 is 0 Å². The summed E-state index contributed by atoms with van der Waals surface area (Å²) in [5, 5.41) is 3.15. The summed E-state index contributed by atoms with van der Waals surface area (Å²) in [6.45, 7) is 5.49. The Labute approximate surface area is 95.3 Å². The highest BCUT2D eigenvalue weighted by molar-refractivity contribution is 5.90. The number of carbonyl (C=O) groups is 1. The number of methoxy groups -OCH3 is 1. The van der Waals surface area contributed by atoms with E-state index in [-0.39, 0.29) is 5.97 Å².